The van der Waals surface area contributed by atoms with Gasteiger partial charge in [0.2, 0.25) is 0 Å². The van der Waals surface area contributed by atoms with E-state index in [0.29, 0.717) is 20.7 Å². The van der Waals surface area contributed by atoms with Crippen LogP contribution in [0.1, 0.15) is 10.4 Å². The smallest absolute Gasteiger partial charge is 0.256 e. The van der Waals surface area contributed by atoms with E-state index in [-0.39, 0.29) is 5.91 Å². The zero-order chi connectivity index (χ0) is 14.7. The molecule has 0 fully saturated rings. The third-order valence-electron chi connectivity index (χ3n) is 2.70. The number of aromatic nitrogens is 1. The predicted molar refractivity (Wildman–Crippen MR) is 85.7 cm³/mol. The van der Waals surface area contributed by atoms with Crippen LogP contribution in [0.4, 0.5) is 11.4 Å². The van der Waals surface area contributed by atoms with Gasteiger partial charge >= 0.3 is 0 Å². The quantitative estimate of drug-likeness (QED) is 0.911. The second-order valence-corrected chi connectivity index (χ2v) is 5.66. The van der Waals surface area contributed by atoms with Gasteiger partial charge in [-0.05, 0) is 40.2 Å². The lowest BCUT2D eigenvalue weighted by atomic mass is 10.2. The van der Waals surface area contributed by atoms with Gasteiger partial charge < -0.3 is 10.2 Å². The van der Waals surface area contributed by atoms with Crippen molar-refractivity contribution >= 4 is 44.8 Å². The van der Waals surface area contributed by atoms with Gasteiger partial charge in [0, 0.05) is 29.8 Å². The fourth-order valence-electron chi connectivity index (χ4n) is 1.74. The molecule has 1 N–H and O–H groups in total. The van der Waals surface area contributed by atoms with Gasteiger partial charge in [0.15, 0.2) is 0 Å². The molecule has 20 heavy (non-hydrogen) atoms. The van der Waals surface area contributed by atoms with Crippen LogP contribution in [0.2, 0.25) is 5.02 Å². The fraction of sp³-hybridized carbons (Fsp3) is 0.143. The number of nitrogens with one attached hydrogen (secondary N) is 1. The Morgan fingerprint density at radius 1 is 1.35 bits per heavy atom. The molecular formula is C14H13BrClN3O. The number of carbonyl (C=O) groups excluding carboxylic acids is 1. The van der Waals surface area contributed by atoms with E-state index in [9.17, 15) is 4.79 Å². The van der Waals surface area contributed by atoms with Crippen LogP contribution in [0.5, 0.6) is 0 Å². The van der Waals surface area contributed by atoms with Crippen molar-refractivity contribution in [3.63, 3.8) is 0 Å². The van der Waals surface area contributed by atoms with E-state index in [4.69, 9.17) is 11.6 Å². The Balaban J connectivity index is 2.28. The molecule has 0 radical (unpaired) electrons. The molecule has 104 valence electrons. The first-order valence-corrected chi connectivity index (χ1v) is 7.04. The number of hydrogen-bond acceptors (Lipinski definition) is 3. The lowest BCUT2D eigenvalue weighted by Gasteiger charge is -2.17. The summed E-state index contributed by atoms with van der Waals surface area (Å²) in [5.41, 5.74) is 2.06. The highest BCUT2D eigenvalue weighted by Crippen LogP contribution is 2.25. The summed E-state index contributed by atoms with van der Waals surface area (Å²) in [7, 11) is 3.81. The summed E-state index contributed by atoms with van der Waals surface area (Å²) in [4.78, 5) is 18.2. The van der Waals surface area contributed by atoms with Crippen molar-refractivity contribution in [1.29, 1.82) is 0 Å². The molecule has 0 saturated carbocycles. The lowest BCUT2D eigenvalue weighted by Crippen LogP contribution is -2.17. The Morgan fingerprint density at radius 2 is 2.10 bits per heavy atom. The first-order valence-electron chi connectivity index (χ1n) is 5.87. The Labute approximate surface area is 130 Å². The van der Waals surface area contributed by atoms with Crippen LogP contribution in [0.25, 0.3) is 0 Å². The van der Waals surface area contributed by atoms with Gasteiger partial charge in [-0.1, -0.05) is 11.6 Å². The Morgan fingerprint density at radius 3 is 2.75 bits per heavy atom. The number of nitrogens with zero attached hydrogens (tertiary/aromatic N) is 2. The third-order valence-corrected chi connectivity index (χ3v) is 3.60. The zero-order valence-electron chi connectivity index (χ0n) is 11.0. The van der Waals surface area contributed by atoms with Crippen molar-refractivity contribution in [3.05, 3.63) is 51.7 Å². The van der Waals surface area contributed by atoms with Gasteiger partial charge in [-0.15, -0.1) is 0 Å². The molecule has 2 aromatic rings. The van der Waals surface area contributed by atoms with E-state index in [0.717, 1.165) is 5.69 Å². The molecule has 6 heteroatoms. The molecule has 0 aliphatic carbocycles. The number of amides is 1. The normalized spacial score (nSPS) is 10.2. The van der Waals surface area contributed by atoms with Crippen LogP contribution in [0, 0.1) is 0 Å². The average Bonchev–Trinajstić information content (AvgIpc) is 2.38. The number of rotatable bonds is 3. The summed E-state index contributed by atoms with van der Waals surface area (Å²) >= 11 is 9.21. The molecule has 1 aromatic heterocycles. The standard InChI is InChI=1S/C14H13BrClN3O/c1-19(2)13-5-6-17-8-12(13)18-14(20)10-4-3-9(16)7-11(10)15/h3-8H,1-2H3,(H,18,20). The van der Waals surface area contributed by atoms with E-state index in [1.165, 1.54) is 0 Å². The molecule has 4 nitrogen and oxygen atoms in total. The predicted octanol–water partition coefficient (Wildman–Crippen LogP) is 3.82. The summed E-state index contributed by atoms with van der Waals surface area (Å²) in [6, 6.07) is 6.88. The summed E-state index contributed by atoms with van der Waals surface area (Å²) in [5, 5.41) is 3.43. The van der Waals surface area contributed by atoms with Gasteiger partial charge in [-0.3, -0.25) is 9.78 Å². The summed E-state index contributed by atoms with van der Waals surface area (Å²) in [5.74, 6) is -0.218. The van der Waals surface area contributed by atoms with Gasteiger partial charge in [0.05, 0.1) is 23.1 Å². The minimum atomic E-state index is -0.218. The SMILES string of the molecule is CN(C)c1ccncc1NC(=O)c1ccc(Cl)cc1Br. The Hall–Kier alpha value is -1.59. The first-order chi connectivity index (χ1) is 9.49. The Kier molecular flexibility index (Phi) is 4.62. The van der Waals surface area contributed by atoms with E-state index < -0.39 is 0 Å². The molecule has 0 atom stereocenters. The number of hydrogen-bond donors (Lipinski definition) is 1. The minimum Gasteiger partial charge on any atom is -0.376 e. The maximum absolute atomic E-state index is 12.3. The summed E-state index contributed by atoms with van der Waals surface area (Å²) in [6.45, 7) is 0. The molecule has 0 aliphatic rings. The van der Waals surface area contributed by atoms with E-state index in [2.05, 4.69) is 26.2 Å². The summed E-state index contributed by atoms with van der Waals surface area (Å²) in [6.07, 6.45) is 3.31. The first kappa shape index (κ1) is 14.8. The third kappa shape index (κ3) is 3.29. The molecular weight excluding hydrogens is 342 g/mol. The summed E-state index contributed by atoms with van der Waals surface area (Å²) < 4.78 is 0.651. The molecule has 0 bridgehead atoms. The number of anilines is 2. The topological polar surface area (TPSA) is 45.2 Å². The van der Waals surface area contributed by atoms with Crippen molar-refractivity contribution < 1.29 is 4.79 Å². The van der Waals surface area contributed by atoms with Crippen molar-refractivity contribution in [2.45, 2.75) is 0 Å². The van der Waals surface area contributed by atoms with Crippen LogP contribution in [-0.4, -0.2) is 25.0 Å². The second-order valence-electron chi connectivity index (χ2n) is 4.37. The fourth-order valence-corrected chi connectivity index (χ4v) is 2.60. The molecule has 2 rings (SSSR count). The van der Waals surface area contributed by atoms with Crippen LogP contribution >= 0.6 is 27.5 Å². The molecule has 0 aliphatic heterocycles. The highest BCUT2D eigenvalue weighted by atomic mass is 79.9. The largest absolute Gasteiger partial charge is 0.376 e. The van der Waals surface area contributed by atoms with Gasteiger partial charge in [-0.25, -0.2) is 0 Å². The van der Waals surface area contributed by atoms with Crippen molar-refractivity contribution in [2.75, 3.05) is 24.3 Å². The highest BCUT2D eigenvalue weighted by molar-refractivity contribution is 9.10. The Bertz CT molecular complexity index is 646. The zero-order valence-corrected chi connectivity index (χ0v) is 13.4. The maximum Gasteiger partial charge on any atom is 0.256 e. The van der Waals surface area contributed by atoms with Crippen LogP contribution in [-0.2, 0) is 0 Å². The number of pyridine rings is 1. The van der Waals surface area contributed by atoms with E-state index in [1.807, 2.05) is 25.1 Å². The van der Waals surface area contributed by atoms with Crippen molar-refractivity contribution in [2.24, 2.45) is 0 Å². The van der Waals surface area contributed by atoms with Gasteiger partial charge in [0.25, 0.3) is 5.91 Å². The molecule has 1 heterocycles. The van der Waals surface area contributed by atoms with Crippen LogP contribution in [0.3, 0.4) is 0 Å². The van der Waals surface area contributed by atoms with Gasteiger partial charge in [-0.2, -0.15) is 0 Å². The lowest BCUT2D eigenvalue weighted by molar-refractivity contribution is 0.102. The number of carbonyl (C=O) groups is 1. The van der Waals surface area contributed by atoms with E-state index in [1.54, 1.807) is 30.6 Å². The van der Waals surface area contributed by atoms with Crippen molar-refractivity contribution in [3.8, 4) is 0 Å². The van der Waals surface area contributed by atoms with E-state index >= 15 is 0 Å². The molecule has 0 unspecified atom stereocenters. The maximum atomic E-state index is 12.3. The monoisotopic (exact) mass is 353 g/mol. The average molecular weight is 355 g/mol. The molecule has 0 spiro atoms. The molecule has 0 saturated heterocycles. The minimum absolute atomic E-state index is 0.218. The molecule has 1 amide bonds. The highest BCUT2D eigenvalue weighted by Gasteiger charge is 2.13. The molecule has 1 aromatic carbocycles. The number of benzene rings is 1. The van der Waals surface area contributed by atoms with Gasteiger partial charge in [0.1, 0.15) is 0 Å². The second kappa shape index (κ2) is 6.24. The number of halogens is 2. The van der Waals surface area contributed by atoms with Crippen LogP contribution in [0.15, 0.2) is 41.1 Å². The van der Waals surface area contributed by atoms with Crippen LogP contribution < -0.4 is 10.2 Å². The van der Waals surface area contributed by atoms with Crippen molar-refractivity contribution in [1.82, 2.24) is 4.98 Å².